The summed E-state index contributed by atoms with van der Waals surface area (Å²) in [7, 11) is 0. The lowest BCUT2D eigenvalue weighted by atomic mass is 9.96. The maximum Gasteiger partial charge on any atom is 0.0336 e. The number of hydrogen-bond acceptors (Lipinski definition) is 0. The number of aryl methyl sites for hydroxylation is 2. The standard InChI is InChI=1S/C13H19Cl/c1-9-5-6-13(7-10(9)2)8-11(3)12(4)14/h5-7,11-12H,8H2,1-4H3. The molecule has 0 spiro atoms. The van der Waals surface area contributed by atoms with Gasteiger partial charge >= 0.3 is 0 Å². The van der Waals surface area contributed by atoms with E-state index in [2.05, 4.69) is 45.9 Å². The van der Waals surface area contributed by atoms with Crippen molar-refractivity contribution in [1.29, 1.82) is 0 Å². The van der Waals surface area contributed by atoms with E-state index in [1.807, 2.05) is 0 Å². The Morgan fingerprint density at radius 2 is 1.79 bits per heavy atom. The number of benzene rings is 1. The SMILES string of the molecule is Cc1ccc(CC(C)C(C)Cl)cc1C. The van der Waals surface area contributed by atoms with Crippen molar-refractivity contribution in [2.75, 3.05) is 0 Å². The first-order valence-corrected chi connectivity index (χ1v) is 5.64. The van der Waals surface area contributed by atoms with Crippen LogP contribution >= 0.6 is 11.6 Å². The van der Waals surface area contributed by atoms with Gasteiger partial charge < -0.3 is 0 Å². The van der Waals surface area contributed by atoms with E-state index in [1.54, 1.807) is 0 Å². The first kappa shape index (κ1) is 11.6. The van der Waals surface area contributed by atoms with Crippen molar-refractivity contribution in [2.45, 2.75) is 39.5 Å². The third-order valence-electron chi connectivity index (χ3n) is 2.91. The summed E-state index contributed by atoms with van der Waals surface area (Å²) >= 11 is 6.05. The molecule has 0 aliphatic carbocycles. The van der Waals surface area contributed by atoms with E-state index < -0.39 is 0 Å². The molecule has 0 aliphatic heterocycles. The van der Waals surface area contributed by atoms with Crippen LogP contribution in [0.15, 0.2) is 18.2 Å². The molecule has 0 bridgehead atoms. The van der Waals surface area contributed by atoms with E-state index in [-0.39, 0.29) is 5.38 Å². The van der Waals surface area contributed by atoms with E-state index in [0.717, 1.165) is 6.42 Å². The minimum atomic E-state index is 0.247. The van der Waals surface area contributed by atoms with Crippen molar-refractivity contribution < 1.29 is 0 Å². The van der Waals surface area contributed by atoms with Crippen LogP contribution in [0.3, 0.4) is 0 Å². The molecule has 1 rings (SSSR count). The highest BCUT2D eigenvalue weighted by Gasteiger charge is 2.09. The van der Waals surface area contributed by atoms with Gasteiger partial charge in [0.2, 0.25) is 0 Å². The minimum Gasteiger partial charge on any atom is -0.123 e. The van der Waals surface area contributed by atoms with Crippen LogP contribution in [0.5, 0.6) is 0 Å². The normalized spacial score (nSPS) is 15.2. The molecule has 0 saturated carbocycles. The number of hydrogen-bond donors (Lipinski definition) is 0. The summed E-state index contributed by atoms with van der Waals surface area (Å²) in [6.07, 6.45) is 1.08. The fraction of sp³-hybridized carbons (Fsp3) is 0.538. The Morgan fingerprint density at radius 1 is 1.14 bits per heavy atom. The van der Waals surface area contributed by atoms with E-state index in [9.17, 15) is 0 Å². The molecule has 0 aliphatic rings. The Kier molecular flexibility index (Phi) is 4.00. The van der Waals surface area contributed by atoms with Crippen molar-refractivity contribution in [3.8, 4) is 0 Å². The number of rotatable bonds is 3. The van der Waals surface area contributed by atoms with Crippen molar-refractivity contribution in [3.63, 3.8) is 0 Å². The van der Waals surface area contributed by atoms with Gasteiger partial charge in [0.05, 0.1) is 0 Å². The summed E-state index contributed by atoms with van der Waals surface area (Å²) in [5, 5.41) is 0.247. The van der Waals surface area contributed by atoms with Crippen LogP contribution in [0.1, 0.15) is 30.5 Å². The molecule has 0 nitrogen and oxygen atoms in total. The highest BCUT2D eigenvalue weighted by molar-refractivity contribution is 6.20. The summed E-state index contributed by atoms with van der Waals surface area (Å²) in [4.78, 5) is 0. The predicted molar refractivity (Wildman–Crippen MR) is 64.1 cm³/mol. The van der Waals surface area contributed by atoms with Crippen LogP contribution in [0.25, 0.3) is 0 Å². The third kappa shape index (κ3) is 3.02. The fourth-order valence-corrected chi connectivity index (χ4v) is 1.55. The molecule has 0 amide bonds. The largest absolute Gasteiger partial charge is 0.123 e. The van der Waals surface area contributed by atoms with Gasteiger partial charge in [-0.3, -0.25) is 0 Å². The molecule has 1 heteroatoms. The molecule has 2 atom stereocenters. The highest BCUT2D eigenvalue weighted by atomic mass is 35.5. The molecule has 0 fully saturated rings. The van der Waals surface area contributed by atoms with E-state index in [1.165, 1.54) is 16.7 Å². The zero-order valence-corrected chi connectivity index (χ0v) is 10.2. The molecule has 0 saturated heterocycles. The quantitative estimate of drug-likeness (QED) is 0.659. The van der Waals surface area contributed by atoms with Crippen molar-refractivity contribution in [2.24, 2.45) is 5.92 Å². The molecule has 2 unspecified atom stereocenters. The topological polar surface area (TPSA) is 0 Å². The molecule has 14 heavy (non-hydrogen) atoms. The van der Waals surface area contributed by atoms with Gasteiger partial charge in [0.25, 0.3) is 0 Å². The molecule has 0 N–H and O–H groups in total. The fourth-order valence-electron chi connectivity index (χ4n) is 1.46. The van der Waals surface area contributed by atoms with Crippen LogP contribution < -0.4 is 0 Å². The van der Waals surface area contributed by atoms with E-state index in [0.29, 0.717) is 5.92 Å². The molecule has 1 aromatic rings. The van der Waals surface area contributed by atoms with Gasteiger partial charge in [-0.25, -0.2) is 0 Å². The Morgan fingerprint density at radius 3 is 2.29 bits per heavy atom. The number of halogens is 1. The smallest absolute Gasteiger partial charge is 0.0336 e. The summed E-state index contributed by atoms with van der Waals surface area (Å²) in [6, 6.07) is 6.67. The van der Waals surface area contributed by atoms with Crippen LogP contribution in [0.2, 0.25) is 0 Å². The lowest BCUT2D eigenvalue weighted by molar-refractivity contribution is 0.568. The molecule has 1 aromatic carbocycles. The highest BCUT2D eigenvalue weighted by Crippen LogP contribution is 2.18. The third-order valence-corrected chi connectivity index (χ3v) is 3.34. The second-order valence-corrected chi connectivity index (χ2v) is 4.97. The lowest BCUT2D eigenvalue weighted by Gasteiger charge is -2.14. The average molecular weight is 211 g/mol. The molecule has 0 heterocycles. The monoisotopic (exact) mass is 210 g/mol. The Bertz CT molecular complexity index is 302. The van der Waals surface area contributed by atoms with Gasteiger partial charge in [-0.15, -0.1) is 11.6 Å². The summed E-state index contributed by atoms with van der Waals surface area (Å²) < 4.78 is 0. The molecular formula is C13H19Cl. The van der Waals surface area contributed by atoms with Crippen molar-refractivity contribution in [3.05, 3.63) is 34.9 Å². The molecule has 78 valence electrons. The first-order chi connectivity index (χ1) is 6.50. The molecule has 0 radical (unpaired) electrons. The van der Waals surface area contributed by atoms with Gasteiger partial charge in [-0.2, -0.15) is 0 Å². The van der Waals surface area contributed by atoms with Crippen molar-refractivity contribution in [1.82, 2.24) is 0 Å². The Labute approximate surface area is 92.3 Å². The molecule has 0 aromatic heterocycles. The second-order valence-electron chi connectivity index (χ2n) is 4.28. The second kappa shape index (κ2) is 4.84. The van der Waals surface area contributed by atoms with Gasteiger partial charge in [-0.1, -0.05) is 25.1 Å². The van der Waals surface area contributed by atoms with Crippen LogP contribution in [-0.4, -0.2) is 5.38 Å². The lowest BCUT2D eigenvalue weighted by Crippen LogP contribution is -2.10. The van der Waals surface area contributed by atoms with E-state index in [4.69, 9.17) is 11.6 Å². The van der Waals surface area contributed by atoms with Crippen molar-refractivity contribution >= 4 is 11.6 Å². The Balaban J connectivity index is 2.73. The van der Waals surface area contributed by atoms with Crippen LogP contribution in [0.4, 0.5) is 0 Å². The van der Waals surface area contributed by atoms with Gasteiger partial charge in [0.1, 0.15) is 0 Å². The summed E-state index contributed by atoms with van der Waals surface area (Å²) in [5.41, 5.74) is 4.13. The first-order valence-electron chi connectivity index (χ1n) is 5.21. The minimum absolute atomic E-state index is 0.247. The van der Waals surface area contributed by atoms with Crippen LogP contribution in [-0.2, 0) is 6.42 Å². The predicted octanol–water partition coefficient (Wildman–Crippen LogP) is 4.11. The van der Waals surface area contributed by atoms with Gasteiger partial charge in [0.15, 0.2) is 0 Å². The maximum atomic E-state index is 6.05. The Hall–Kier alpha value is -0.490. The number of alkyl halides is 1. The molecular weight excluding hydrogens is 192 g/mol. The van der Waals surface area contributed by atoms with Gasteiger partial charge in [-0.05, 0) is 49.8 Å². The average Bonchev–Trinajstić information content (AvgIpc) is 2.11. The zero-order valence-electron chi connectivity index (χ0n) is 9.47. The maximum absolute atomic E-state index is 6.05. The van der Waals surface area contributed by atoms with E-state index >= 15 is 0 Å². The summed E-state index contributed by atoms with van der Waals surface area (Å²) in [5.74, 6) is 0.541. The van der Waals surface area contributed by atoms with Crippen LogP contribution in [0, 0.1) is 19.8 Å². The van der Waals surface area contributed by atoms with Gasteiger partial charge in [0, 0.05) is 5.38 Å². The summed E-state index contributed by atoms with van der Waals surface area (Å²) in [6.45, 7) is 8.57. The zero-order chi connectivity index (χ0) is 10.7.